The summed E-state index contributed by atoms with van der Waals surface area (Å²) in [6.07, 6.45) is 0. The fraction of sp³-hybridized carbons (Fsp3) is 0.500. The molecule has 100 valence electrons. The van der Waals surface area contributed by atoms with Gasteiger partial charge >= 0.3 is 0 Å². The quantitative estimate of drug-likeness (QED) is 0.649. The van der Waals surface area contributed by atoms with Gasteiger partial charge in [-0.2, -0.15) is 0 Å². The van der Waals surface area contributed by atoms with Crippen LogP contribution in [0.1, 0.15) is 18.5 Å². The standard InChI is InChI=1S/C12H14F4N2/c1-7(18-4-2-17-3-5-18)10-11(15)8(13)6-9(14)12(10)16/h6-7,17H,2-5H2,1H3/t7-/m1/s1. The van der Waals surface area contributed by atoms with Gasteiger partial charge in [-0.05, 0) is 6.92 Å². The van der Waals surface area contributed by atoms with Crippen LogP contribution in [0.5, 0.6) is 0 Å². The zero-order chi connectivity index (χ0) is 13.3. The molecular formula is C12H14F4N2. The highest BCUT2D eigenvalue weighted by atomic mass is 19.2. The fourth-order valence-electron chi connectivity index (χ4n) is 2.21. The maximum atomic E-state index is 13.6. The van der Waals surface area contributed by atoms with E-state index in [2.05, 4.69) is 5.32 Å². The van der Waals surface area contributed by atoms with Gasteiger partial charge < -0.3 is 5.32 Å². The number of nitrogens with one attached hydrogen (secondary N) is 1. The molecule has 0 unspecified atom stereocenters. The van der Waals surface area contributed by atoms with Gasteiger partial charge in [0, 0.05) is 43.9 Å². The molecule has 0 aliphatic carbocycles. The number of rotatable bonds is 2. The van der Waals surface area contributed by atoms with Gasteiger partial charge in [-0.25, -0.2) is 17.6 Å². The highest BCUT2D eigenvalue weighted by Gasteiger charge is 2.27. The van der Waals surface area contributed by atoms with E-state index >= 15 is 0 Å². The third kappa shape index (κ3) is 2.35. The average Bonchev–Trinajstić information content (AvgIpc) is 2.37. The van der Waals surface area contributed by atoms with Crippen molar-refractivity contribution in [3.05, 3.63) is 34.9 Å². The zero-order valence-corrected chi connectivity index (χ0v) is 9.94. The van der Waals surface area contributed by atoms with Crippen LogP contribution in [0.2, 0.25) is 0 Å². The molecule has 0 spiro atoms. The Morgan fingerprint density at radius 3 is 2.06 bits per heavy atom. The summed E-state index contributed by atoms with van der Waals surface area (Å²) < 4.78 is 53.5. The molecule has 1 aliphatic rings. The summed E-state index contributed by atoms with van der Waals surface area (Å²) in [7, 11) is 0. The first-order chi connectivity index (χ1) is 8.52. The Balaban J connectivity index is 2.37. The predicted molar refractivity (Wildman–Crippen MR) is 59.1 cm³/mol. The monoisotopic (exact) mass is 262 g/mol. The van der Waals surface area contributed by atoms with Crippen LogP contribution in [-0.4, -0.2) is 31.1 Å². The van der Waals surface area contributed by atoms with Crippen LogP contribution in [0.15, 0.2) is 6.07 Å². The summed E-state index contributed by atoms with van der Waals surface area (Å²) in [5.74, 6) is -5.32. The highest BCUT2D eigenvalue weighted by Crippen LogP contribution is 2.28. The van der Waals surface area contributed by atoms with Crippen LogP contribution in [0, 0.1) is 23.3 Å². The third-order valence-electron chi connectivity index (χ3n) is 3.26. The van der Waals surface area contributed by atoms with Gasteiger partial charge in [-0.15, -0.1) is 0 Å². The third-order valence-corrected chi connectivity index (χ3v) is 3.26. The summed E-state index contributed by atoms with van der Waals surface area (Å²) >= 11 is 0. The van der Waals surface area contributed by atoms with E-state index in [0.29, 0.717) is 26.2 Å². The van der Waals surface area contributed by atoms with Gasteiger partial charge in [0.05, 0.1) is 0 Å². The molecule has 1 aromatic carbocycles. The van der Waals surface area contributed by atoms with Gasteiger partial charge in [-0.1, -0.05) is 0 Å². The smallest absolute Gasteiger partial charge is 0.166 e. The molecule has 1 N–H and O–H groups in total. The van der Waals surface area contributed by atoms with Crippen molar-refractivity contribution < 1.29 is 17.6 Å². The summed E-state index contributed by atoms with van der Waals surface area (Å²) in [6.45, 7) is 4.08. The molecular weight excluding hydrogens is 248 g/mol. The molecule has 1 aliphatic heterocycles. The zero-order valence-electron chi connectivity index (χ0n) is 9.94. The second-order valence-corrected chi connectivity index (χ2v) is 4.34. The van der Waals surface area contributed by atoms with Crippen molar-refractivity contribution in [1.82, 2.24) is 10.2 Å². The van der Waals surface area contributed by atoms with Crippen molar-refractivity contribution in [2.75, 3.05) is 26.2 Å². The Morgan fingerprint density at radius 1 is 1.06 bits per heavy atom. The van der Waals surface area contributed by atoms with Gasteiger partial charge in [-0.3, -0.25) is 4.90 Å². The molecule has 1 fully saturated rings. The molecule has 6 heteroatoms. The Kier molecular flexibility index (Phi) is 3.87. The maximum Gasteiger partial charge on any atom is 0.166 e. The van der Waals surface area contributed by atoms with Crippen molar-refractivity contribution in [2.45, 2.75) is 13.0 Å². The Hall–Kier alpha value is -1.14. The van der Waals surface area contributed by atoms with Gasteiger partial charge in [0.1, 0.15) is 0 Å². The lowest BCUT2D eigenvalue weighted by Gasteiger charge is -2.33. The summed E-state index contributed by atoms with van der Waals surface area (Å²) in [5.41, 5.74) is -0.533. The van der Waals surface area contributed by atoms with Crippen LogP contribution in [0.25, 0.3) is 0 Å². The Morgan fingerprint density at radius 2 is 1.56 bits per heavy atom. The second-order valence-electron chi connectivity index (χ2n) is 4.34. The first kappa shape index (κ1) is 13.3. The number of hydrogen-bond donors (Lipinski definition) is 1. The molecule has 18 heavy (non-hydrogen) atoms. The lowest BCUT2D eigenvalue weighted by molar-refractivity contribution is 0.177. The number of hydrogen-bond acceptors (Lipinski definition) is 2. The first-order valence-corrected chi connectivity index (χ1v) is 5.80. The molecule has 1 heterocycles. The summed E-state index contributed by atoms with van der Waals surface area (Å²) in [4.78, 5) is 1.79. The molecule has 0 amide bonds. The minimum absolute atomic E-state index is 0.235. The van der Waals surface area contributed by atoms with E-state index in [9.17, 15) is 17.6 Å². The van der Waals surface area contributed by atoms with Gasteiger partial charge in [0.2, 0.25) is 0 Å². The van der Waals surface area contributed by atoms with E-state index in [-0.39, 0.29) is 6.07 Å². The van der Waals surface area contributed by atoms with E-state index in [1.807, 2.05) is 0 Å². The topological polar surface area (TPSA) is 15.3 Å². The van der Waals surface area contributed by atoms with E-state index in [1.54, 1.807) is 11.8 Å². The molecule has 0 radical (unpaired) electrons. The highest BCUT2D eigenvalue weighted by molar-refractivity contribution is 5.25. The van der Waals surface area contributed by atoms with Crippen LogP contribution >= 0.6 is 0 Å². The SMILES string of the molecule is C[C@H](c1c(F)c(F)cc(F)c1F)N1CCNCC1. The largest absolute Gasteiger partial charge is 0.314 e. The van der Waals surface area contributed by atoms with Crippen molar-refractivity contribution in [1.29, 1.82) is 0 Å². The summed E-state index contributed by atoms with van der Waals surface area (Å²) in [6, 6.07) is -0.462. The van der Waals surface area contributed by atoms with Gasteiger partial charge in [0.15, 0.2) is 23.3 Å². The van der Waals surface area contributed by atoms with Crippen LogP contribution in [0.3, 0.4) is 0 Å². The minimum Gasteiger partial charge on any atom is -0.314 e. The van der Waals surface area contributed by atoms with E-state index in [4.69, 9.17) is 0 Å². The van der Waals surface area contributed by atoms with E-state index < -0.39 is 34.9 Å². The first-order valence-electron chi connectivity index (χ1n) is 5.80. The molecule has 1 atom stereocenters. The lowest BCUT2D eigenvalue weighted by atomic mass is 10.0. The normalized spacial score (nSPS) is 18.9. The van der Waals surface area contributed by atoms with Crippen LogP contribution in [0.4, 0.5) is 17.6 Å². The maximum absolute atomic E-state index is 13.6. The Bertz CT molecular complexity index is 418. The Labute approximate surface area is 103 Å². The van der Waals surface area contributed by atoms with Gasteiger partial charge in [0.25, 0.3) is 0 Å². The van der Waals surface area contributed by atoms with Crippen molar-refractivity contribution in [2.24, 2.45) is 0 Å². The van der Waals surface area contributed by atoms with Crippen LogP contribution < -0.4 is 5.32 Å². The molecule has 1 saturated heterocycles. The minimum atomic E-state index is -1.36. The number of nitrogens with zero attached hydrogens (tertiary/aromatic N) is 1. The van der Waals surface area contributed by atoms with Crippen molar-refractivity contribution in [3.63, 3.8) is 0 Å². The molecule has 0 aromatic heterocycles. The number of piperazine rings is 1. The molecule has 0 bridgehead atoms. The summed E-state index contributed by atoms with van der Waals surface area (Å²) in [5, 5.41) is 3.10. The second kappa shape index (κ2) is 5.24. The van der Waals surface area contributed by atoms with E-state index in [0.717, 1.165) is 0 Å². The molecule has 0 saturated carbocycles. The molecule has 1 aromatic rings. The van der Waals surface area contributed by atoms with Crippen molar-refractivity contribution >= 4 is 0 Å². The van der Waals surface area contributed by atoms with Crippen LogP contribution in [-0.2, 0) is 0 Å². The number of halogens is 4. The van der Waals surface area contributed by atoms with Crippen molar-refractivity contribution in [3.8, 4) is 0 Å². The number of benzene rings is 1. The van der Waals surface area contributed by atoms with E-state index in [1.165, 1.54) is 0 Å². The lowest BCUT2D eigenvalue weighted by Crippen LogP contribution is -2.44. The molecule has 2 rings (SSSR count). The molecule has 2 nitrogen and oxygen atoms in total. The average molecular weight is 262 g/mol. The predicted octanol–water partition coefficient (Wildman–Crippen LogP) is 2.21. The fourth-order valence-corrected chi connectivity index (χ4v) is 2.21.